The number of benzene rings is 2. The first kappa shape index (κ1) is 20.7. The van der Waals surface area contributed by atoms with Crippen LogP contribution in [0.4, 0.5) is 11.4 Å². The van der Waals surface area contributed by atoms with Crippen LogP contribution in [0.5, 0.6) is 0 Å². The van der Waals surface area contributed by atoms with Gasteiger partial charge in [0.05, 0.1) is 16.9 Å². The molecule has 1 unspecified atom stereocenters. The van der Waals surface area contributed by atoms with Gasteiger partial charge in [0, 0.05) is 35.6 Å². The highest BCUT2D eigenvalue weighted by Crippen LogP contribution is 2.32. The van der Waals surface area contributed by atoms with Gasteiger partial charge in [-0.1, -0.05) is 18.6 Å². The molecule has 160 valence electrons. The molecule has 0 bridgehead atoms. The largest absolute Gasteiger partial charge is 0.370 e. The molecule has 31 heavy (non-hydrogen) atoms. The standard InChI is InChI=1S/C24H26N4O3/c1-14-5-7-19-17(10-14)18(12-22(29)26-19)24(31)27-20-11-16(23(25)30)6-8-21(20)28-9-3-4-15(2)13-28/h5-8,10-12,15H,3-4,9,13H2,1-2H3,(H2,25,30)(H,26,29)(H,27,31). The minimum Gasteiger partial charge on any atom is -0.370 e. The van der Waals surface area contributed by atoms with Crippen molar-refractivity contribution < 1.29 is 9.59 Å². The second-order valence-corrected chi connectivity index (χ2v) is 8.34. The van der Waals surface area contributed by atoms with Crippen LogP contribution < -0.4 is 21.5 Å². The van der Waals surface area contributed by atoms with Crippen LogP contribution in [0.15, 0.2) is 47.3 Å². The van der Waals surface area contributed by atoms with E-state index in [1.165, 1.54) is 6.07 Å². The summed E-state index contributed by atoms with van der Waals surface area (Å²) in [5.74, 6) is -0.436. The first-order valence-corrected chi connectivity index (χ1v) is 10.5. The zero-order valence-electron chi connectivity index (χ0n) is 17.7. The van der Waals surface area contributed by atoms with Gasteiger partial charge in [-0.05, 0) is 56.0 Å². The SMILES string of the molecule is Cc1ccc2[nH]c(=O)cc(C(=O)Nc3cc(C(N)=O)ccc3N3CCCC(C)C3)c2c1. The molecule has 4 N–H and O–H groups in total. The van der Waals surface area contributed by atoms with Gasteiger partial charge in [-0.2, -0.15) is 0 Å². The normalized spacial score (nSPS) is 16.3. The highest BCUT2D eigenvalue weighted by Gasteiger charge is 2.22. The minimum atomic E-state index is -0.564. The topological polar surface area (TPSA) is 108 Å². The molecule has 2 heterocycles. The van der Waals surface area contributed by atoms with Gasteiger partial charge in [-0.25, -0.2) is 0 Å². The number of aromatic nitrogens is 1. The lowest BCUT2D eigenvalue weighted by atomic mass is 9.99. The Bertz CT molecular complexity index is 1230. The third-order valence-electron chi connectivity index (χ3n) is 5.77. The number of piperidine rings is 1. The maximum Gasteiger partial charge on any atom is 0.256 e. The van der Waals surface area contributed by atoms with E-state index in [0.717, 1.165) is 37.2 Å². The summed E-state index contributed by atoms with van der Waals surface area (Å²) in [6, 6.07) is 12.0. The molecule has 4 rings (SSSR count). The van der Waals surface area contributed by atoms with E-state index in [-0.39, 0.29) is 11.1 Å². The molecular formula is C24H26N4O3. The number of hydrogen-bond donors (Lipinski definition) is 3. The first-order valence-electron chi connectivity index (χ1n) is 10.5. The number of hydrogen-bond acceptors (Lipinski definition) is 4. The molecule has 1 saturated heterocycles. The van der Waals surface area contributed by atoms with E-state index in [1.54, 1.807) is 18.2 Å². The number of H-pyrrole nitrogens is 1. The van der Waals surface area contributed by atoms with Crippen molar-refractivity contribution in [3.63, 3.8) is 0 Å². The number of aromatic amines is 1. The second kappa shape index (κ2) is 8.26. The van der Waals surface area contributed by atoms with E-state index < -0.39 is 11.8 Å². The Hall–Kier alpha value is -3.61. The summed E-state index contributed by atoms with van der Waals surface area (Å²) in [5.41, 5.74) is 8.65. The zero-order valence-corrected chi connectivity index (χ0v) is 17.7. The van der Waals surface area contributed by atoms with Gasteiger partial charge in [-0.3, -0.25) is 14.4 Å². The molecule has 1 aromatic heterocycles. The Morgan fingerprint density at radius 2 is 1.97 bits per heavy atom. The predicted octanol–water partition coefficient (Wildman–Crippen LogP) is 3.42. The fourth-order valence-corrected chi connectivity index (χ4v) is 4.22. The monoisotopic (exact) mass is 418 g/mol. The third-order valence-corrected chi connectivity index (χ3v) is 5.77. The summed E-state index contributed by atoms with van der Waals surface area (Å²) < 4.78 is 0. The predicted molar refractivity (Wildman–Crippen MR) is 123 cm³/mol. The molecule has 0 radical (unpaired) electrons. The molecule has 0 saturated carbocycles. The zero-order chi connectivity index (χ0) is 22.1. The van der Waals surface area contributed by atoms with Gasteiger partial charge < -0.3 is 20.9 Å². The molecule has 2 aromatic carbocycles. The maximum absolute atomic E-state index is 13.3. The number of aryl methyl sites for hydroxylation is 1. The van der Waals surface area contributed by atoms with Crippen LogP contribution in [0.3, 0.4) is 0 Å². The van der Waals surface area contributed by atoms with Gasteiger partial charge in [0.2, 0.25) is 11.5 Å². The van der Waals surface area contributed by atoms with Crippen LogP contribution in [-0.2, 0) is 0 Å². The number of nitrogens with two attached hydrogens (primary N) is 1. The van der Waals surface area contributed by atoms with Gasteiger partial charge in [0.15, 0.2) is 0 Å². The van der Waals surface area contributed by atoms with E-state index in [0.29, 0.717) is 28.1 Å². The van der Waals surface area contributed by atoms with Crippen molar-refractivity contribution in [3.8, 4) is 0 Å². The summed E-state index contributed by atoms with van der Waals surface area (Å²) in [5, 5.41) is 3.60. The van der Waals surface area contributed by atoms with E-state index >= 15 is 0 Å². The Balaban J connectivity index is 1.76. The fraction of sp³-hybridized carbons (Fsp3) is 0.292. The van der Waals surface area contributed by atoms with E-state index in [2.05, 4.69) is 22.1 Å². The van der Waals surface area contributed by atoms with Crippen LogP contribution in [0.25, 0.3) is 10.9 Å². The summed E-state index contributed by atoms with van der Waals surface area (Å²) >= 11 is 0. The number of rotatable bonds is 4. The van der Waals surface area contributed by atoms with Crippen molar-refractivity contribution >= 4 is 34.1 Å². The highest BCUT2D eigenvalue weighted by molar-refractivity contribution is 6.13. The number of nitrogens with one attached hydrogen (secondary N) is 2. The van der Waals surface area contributed by atoms with Crippen molar-refractivity contribution in [2.24, 2.45) is 11.7 Å². The maximum atomic E-state index is 13.3. The molecule has 7 heteroatoms. The number of primary amides is 1. The summed E-state index contributed by atoms with van der Waals surface area (Å²) in [6.07, 6.45) is 2.22. The Morgan fingerprint density at radius 3 is 2.71 bits per heavy atom. The van der Waals surface area contributed by atoms with Crippen molar-refractivity contribution in [2.75, 3.05) is 23.3 Å². The lowest BCUT2D eigenvalue weighted by Gasteiger charge is -2.34. The van der Waals surface area contributed by atoms with E-state index in [4.69, 9.17) is 5.73 Å². The molecule has 0 spiro atoms. The number of carbonyl (C=O) groups excluding carboxylic acids is 2. The third kappa shape index (κ3) is 4.30. The average Bonchev–Trinajstić information content (AvgIpc) is 2.73. The van der Waals surface area contributed by atoms with Gasteiger partial charge in [0.25, 0.3) is 5.91 Å². The number of carbonyl (C=O) groups is 2. The van der Waals surface area contributed by atoms with Crippen LogP contribution in [0.1, 0.15) is 46.0 Å². The number of amides is 2. The summed E-state index contributed by atoms with van der Waals surface area (Å²) in [6.45, 7) is 5.87. The lowest BCUT2D eigenvalue weighted by molar-refractivity contribution is 0.0996. The number of anilines is 2. The Morgan fingerprint density at radius 1 is 1.16 bits per heavy atom. The first-order chi connectivity index (χ1) is 14.8. The van der Waals surface area contributed by atoms with Gasteiger partial charge >= 0.3 is 0 Å². The van der Waals surface area contributed by atoms with Crippen LogP contribution in [-0.4, -0.2) is 29.9 Å². The van der Waals surface area contributed by atoms with Crippen LogP contribution in [0, 0.1) is 12.8 Å². The molecule has 1 aliphatic rings. The Labute approximate surface area is 180 Å². The minimum absolute atomic E-state index is 0.282. The summed E-state index contributed by atoms with van der Waals surface area (Å²) in [7, 11) is 0. The molecule has 1 fully saturated rings. The number of nitrogens with zero attached hydrogens (tertiary/aromatic N) is 1. The number of fused-ring (bicyclic) bond motifs is 1. The molecule has 3 aromatic rings. The van der Waals surface area contributed by atoms with Gasteiger partial charge in [0.1, 0.15) is 0 Å². The van der Waals surface area contributed by atoms with Gasteiger partial charge in [-0.15, -0.1) is 0 Å². The molecule has 2 amide bonds. The molecule has 1 aliphatic heterocycles. The van der Waals surface area contributed by atoms with Crippen molar-refractivity contribution in [1.82, 2.24) is 4.98 Å². The lowest BCUT2D eigenvalue weighted by Crippen LogP contribution is -2.35. The highest BCUT2D eigenvalue weighted by atomic mass is 16.2. The van der Waals surface area contributed by atoms with Crippen LogP contribution >= 0.6 is 0 Å². The van der Waals surface area contributed by atoms with E-state index in [9.17, 15) is 14.4 Å². The molecular weight excluding hydrogens is 392 g/mol. The van der Waals surface area contributed by atoms with Crippen LogP contribution in [0.2, 0.25) is 0 Å². The number of pyridine rings is 1. The smallest absolute Gasteiger partial charge is 0.256 e. The van der Waals surface area contributed by atoms with Crippen molar-refractivity contribution in [1.29, 1.82) is 0 Å². The summed E-state index contributed by atoms with van der Waals surface area (Å²) in [4.78, 5) is 42.1. The van der Waals surface area contributed by atoms with Crippen molar-refractivity contribution in [3.05, 3.63) is 69.5 Å². The quantitative estimate of drug-likeness (QED) is 0.603. The Kier molecular flexibility index (Phi) is 5.50. The average molecular weight is 418 g/mol. The molecule has 0 aliphatic carbocycles. The fourth-order valence-electron chi connectivity index (χ4n) is 4.22. The van der Waals surface area contributed by atoms with Crippen molar-refractivity contribution in [2.45, 2.75) is 26.7 Å². The molecule has 1 atom stereocenters. The molecule has 7 nitrogen and oxygen atoms in total. The van der Waals surface area contributed by atoms with E-state index in [1.807, 2.05) is 25.1 Å². The second-order valence-electron chi connectivity index (χ2n) is 8.34.